The average Bonchev–Trinajstić information content (AvgIpc) is 3.73. The Bertz CT molecular complexity index is 2320. The molecule has 21 heteroatoms. The van der Waals surface area contributed by atoms with Crippen LogP contribution in [0.3, 0.4) is 0 Å². The van der Waals surface area contributed by atoms with Crippen LogP contribution in [0.4, 0.5) is 14.4 Å². The Morgan fingerprint density at radius 1 is 0.600 bits per heavy atom. The first kappa shape index (κ1) is 56.7. The SMILES string of the molecule is CCC1C=CC(NC(=O)OCc2ccccc2)C(OC2C(CO)OC(OC3C(O)C(NC(=O)C(O)CCNC(=O)OCc4ccccc4)CC(C)C3OC3OC(CC)C=CC3NC(=O)OCc3ccccc3)C2O)O1. The molecule has 4 amide bonds. The van der Waals surface area contributed by atoms with E-state index in [1.165, 1.54) is 0 Å². The summed E-state index contributed by atoms with van der Waals surface area (Å²) in [7, 11) is 0. The Morgan fingerprint density at radius 3 is 1.55 bits per heavy atom. The minimum absolute atomic E-state index is 0.00106. The summed E-state index contributed by atoms with van der Waals surface area (Å²) in [6, 6.07) is 24.4. The minimum Gasteiger partial charge on any atom is -0.445 e. The Labute approximate surface area is 435 Å². The molecule has 4 aliphatic rings. The summed E-state index contributed by atoms with van der Waals surface area (Å²) in [6.45, 7) is 4.84. The van der Waals surface area contributed by atoms with Crippen LogP contribution in [0.5, 0.6) is 0 Å². The summed E-state index contributed by atoms with van der Waals surface area (Å²) < 4.78 is 54.3. The molecule has 3 aromatic rings. The number of carbonyl (C=O) groups is 4. The fourth-order valence-electron chi connectivity index (χ4n) is 9.03. The molecule has 1 aliphatic carbocycles. The van der Waals surface area contributed by atoms with Crippen molar-refractivity contribution in [3.63, 3.8) is 0 Å². The van der Waals surface area contributed by atoms with Gasteiger partial charge in [-0.05, 0) is 48.3 Å². The molecule has 1 saturated heterocycles. The summed E-state index contributed by atoms with van der Waals surface area (Å²) in [5.74, 6) is -1.41. The van der Waals surface area contributed by atoms with Crippen molar-refractivity contribution in [2.24, 2.45) is 5.92 Å². The second-order valence-corrected chi connectivity index (χ2v) is 18.8. The molecule has 16 unspecified atom stereocenters. The van der Waals surface area contributed by atoms with Gasteiger partial charge in [0.15, 0.2) is 18.9 Å². The molecule has 408 valence electrons. The normalized spacial score (nSPS) is 30.6. The molecule has 75 heavy (non-hydrogen) atoms. The van der Waals surface area contributed by atoms with E-state index in [0.29, 0.717) is 12.8 Å². The second-order valence-electron chi connectivity index (χ2n) is 18.8. The number of hydrogen-bond acceptors (Lipinski definition) is 17. The van der Waals surface area contributed by atoms with Gasteiger partial charge < -0.3 is 84.3 Å². The van der Waals surface area contributed by atoms with Crippen molar-refractivity contribution >= 4 is 24.2 Å². The van der Waals surface area contributed by atoms with Crippen LogP contribution in [0.1, 0.15) is 63.1 Å². The standard InChI is InChI=1S/C54H70N4O17/c1-4-36-21-23-38(57-53(65)68-30-34-17-11-7-12-18-34)49(70-36)73-45-32(3)27-40(56-48(63)41(60)25-26-55-52(64)67-29-33-15-9-6-10-16-33)43(61)47(45)75-51-44(62)46(42(28-59)72-51)74-50-39(24-22-37(5-2)71-50)58-54(66)69-31-35-19-13-8-14-20-35/h6-24,32,36-47,49-51,59-62H,4-5,25-31H2,1-3H3,(H,55,64)(H,56,63)(H,57,65)(H,58,66). The zero-order valence-corrected chi connectivity index (χ0v) is 42.2. The maximum absolute atomic E-state index is 13.5. The van der Waals surface area contributed by atoms with Crippen molar-refractivity contribution in [3.8, 4) is 0 Å². The largest absolute Gasteiger partial charge is 0.445 e. The van der Waals surface area contributed by atoms with E-state index in [9.17, 15) is 39.6 Å². The molecular formula is C54H70N4O17. The molecule has 7 rings (SSSR count). The van der Waals surface area contributed by atoms with Crippen LogP contribution in [0, 0.1) is 5.92 Å². The molecule has 3 heterocycles. The highest BCUT2D eigenvalue weighted by molar-refractivity contribution is 5.81. The van der Waals surface area contributed by atoms with Crippen LogP contribution in [0.15, 0.2) is 115 Å². The number of carbonyl (C=O) groups excluding carboxylic acids is 4. The topological polar surface area (TPSA) is 280 Å². The molecule has 21 nitrogen and oxygen atoms in total. The Hall–Kier alpha value is -5.98. The van der Waals surface area contributed by atoms with Crippen molar-refractivity contribution in [3.05, 3.63) is 132 Å². The maximum Gasteiger partial charge on any atom is 0.408 e. The van der Waals surface area contributed by atoms with E-state index in [1.807, 2.05) is 92.7 Å². The lowest BCUT2D eigenvalue weighted by atomic mass is 9.80. The lowest BCUT2D eigenvalue weighted by Crippen LogP contribution is -2.63. The predicted molar refractivity (Wildman–Crippen MR) is 267 cm³/mol. The van der Waals surface area contributed by atoms with Gasteiger partial charge >= 0.3 is 18.3 Å². The number of hydrogen-bond donors (Lipinski definition) is 8. The summed E-state index contributed by atoms with van der Waals surface area (Å²) in [4.78, 5) is 52.1. The third kappa shape index (κ3) is 16.3. The van der Waals surface area contributed by atoms with Crippen molar-refractivity contribution in [2.45, 2.75) is 158 Å². The monoisotopic (exact) mass is 1050 g/mol. The molecule has 2 fully saturated rings. The Kier molecular flexibility index (Phi) is 21.4. The smallest absolute Gasteiger partial charge is 0.408 e. The molecule has 0 spiro atoms. The van der Waals surface area contributed by atoms with Crippen molar-refractivity contribution in [1.82, 2.24) is 21.3 Å². The summed E-state index contributed by atoms with van der Waals surface area (Å²) >= 11 is 0. The van der Waals surface area contributed by atoms with Gasteiger partial charge in [-0.3, -0.25) is 4.79 Å². The van der Waals surface area contributed by atoms with E-state index in [2.05, 4.69) is 21.3 Å². The predicted octanol–water partition coefficient (Wildman–Crippen LogP) is 3.76. The van der Waals surface area contributed by atoms with Gasteiger partial charge in [-0.15, -0.1) is 0 Å². The Morgan fingerprint density at radius 2 is 1.07 bits per heavy atom. The number of rotatable bonds is 22. The average molecular weight is 1050 g/mol. The first-order chi connectivity index (χ1) is 36.3. The van der Waals surface area contributed by atoms with Gasteiger partial charge in [0.2, 0.25) is 5.91 Å². The number of ether oxygens (including phenoxy) is 9. The number of amides is 4. The summed E-state index contributed by atoms with van der Waals surface area (Å²) in [6.07, 6.45) is -9.06. The number of aliphatic hydroxyl groups is 4. The number of alkyl carbamates (subject to hydrolysis) is 3. The van der Waals surface area contributed by atoms with E-state index in [0.717, 1.165) is 16.7 Å². The summed E-state index contributed by atoms with van der Waals surface area (Å²) in [5.41, 5.74) is 2.32. The van der Waals surface area contributed by atoms with Gasteiger partial charge in [-0.25, -0.2) is 14.4 Å². The highest BCUT2D eigenvalue weighted by Crippen LogP contribution is 2.37. The maximum atomic E-state index is 13.5. The Balaban J connectivity index is 1.05. The van der Waals surface area contributed by atoms with Crippen molar-refractivity contribution in [2.75, 3.05) is 13.2 Å². The zero-order chi connectivity index (χ0) is 53.3. The lowest BCUT2D eigenvalue weighted by molar-refractivity contribution is -0.287. The van der Waals surface area contributed by atoms with Crippen LogP contribution >= 0.6 is 0 Å². The van der Waals surface area contributed by atoms with Crippen LogP contribution in [-0.2, 0) is 67.2 Å². The highest BCUT2D eigenvalue weighted by Gasteiger charge is 2.53. The molecule has 3 aliphatic heterocycles. The van der Waals surface area contributed by atoms with Crippen LogP contribution in [-0.4, -0.2) is 150 Å². The van der Waals surface area contributed by atoms with E-state index in [4.69, 9.17) is 42.6 Å². The quantitative estimate of drug-likeness (QED) is 0.0525. The van der Waals surface area contributed by atoms with Crippen LogP contribution in [0.2, 0.25) is 0 Å². The number of benzene rings is 3. The van der Waals surface area contributed by atoms with Gasteiger partial charge in [-0.2, -0.15) is 0 Å². The van der Waals surface area contributed by atoms with Gasteiger partial charge in [0.1, 0.15) is 68.5 Å². The molecular weight excluding hydrogens is 977 g/mol. The summed E-state index contributed by atoms with van der Waals surface area (Å²) in [5, 5.41) is 56.5. The fourth-order valence-corrected chi connectivity index (χ4v) is 9.03. The zero-order valence-electron chi connectivity index (χ0n) is 42.2. The third-order valence-corrected chi connectivity index (χ3v) is 13.2. The lowest BCUT2D eigenvalue weighted by Gasteiger charge is -2.46. The van der Waals surface area contributed by atoms with Gasteiger partial charge in [0.25, 0.3) is 0 Å². The van der Waals surface area contributed by atoms with Crippen LogP contribution in [0.25, 0.3) is 0 Å². The molecule has 8 N–H and O–H groups in total. The molecule has 16 atom stereocenters. The van der Waals surface area contributed by atoms with Gasteiger partial charge in [-0.1, -0.05) is 136 Å². The first-order valence-electron chi connectivity index (χ1n) is 25.5. The van der Waals surface area contributed by atoms with Crippen molar-refractivity contribution in [1.29, 1.82) is 0 Å². The van der Waals surface area contributed by atoms with Gasteiger partial charge in [0, 0.05) is 6.54 Å². The molecule has 1 saturated carbocycles. The van der Waals surface area contributed by atoms with Gasteiger partial charge in [0.05, 0.1) is 31.0 Å². The molecule has 0 aromatic heterocycles. The van der Waals surface area contributed by atoms with E-state index in [-0.39, 0.29) is 39.2 Å². The molecule has 3 aromatic carbocycles. The van der Waals surface area contributed by atoms with E-state index in [1.54, 1.807) is 43.4 Å². The molecule has 0 radical (unpaired) electrons. The third-order valence-electron chi connectivity index (χ3n) is 13.2. The number of nitrogens with one attached hydrogen (secondary N) is 4. The van der Waals surface area contributed by atoms with E-state index < -0.39 is 129 Å². The molecule has 0 bridgehead atoms. The van der Waals surface area contributed by atoms with Crippen LogP contribution < -0.4 is 21.3 Å². The minimum atomic E-state index is -1.65. The van der Waals surface area contributed by atoms with E-state index >= 15 is 0 Å². The fraction of sp³-hybridized carbons (Fsp3) is 0.519. The second kappa shape index (κ2) is 28.2. The highest BCUT2D eigenvalue weighted by atomic mass is 16.8. The van der Waals surface area contributed by atoms with Crippen molar-refractivity contribution < 1.29 is 82.2 Å². The first-order valence-corrected chi connectivity index (χ1v) is 25.5. The number of aliphatic hydroxyl groups excluding tert-OH is 4.